The zero-order valence-electron chi connectivity index (χ0n) is 9.08. The van der Waals surface area contributed by atoms with Crippen molar-refractivity contribution in [3.05, 3.63) is 23.4 Å². The number of carboxylic acids is 1. The molecule has 1 aromatic heterocycles. The molecule has 1 aromatic rings. The van der Waals surface area contributed by atoms with Gasteiger partial charge < -0.3 is 9.84 Å². The number of hydrogen-bond donors (Lipinski definition) is 1. The average Bonchev–Trinajstić information content (AvgIpc) is 2.14. The predicted molar refractivity (Wildman–Crippen MR) is 52.1 cm³/mol. The normalized spacial score (nSPS) is 13.2. The van der Waals surface area contributed by atoms with Crippen LogP contribution in [-0.4, -0.2) is 28.3 Å². The number of halogens is 3. The van der Waals surface area contributed by atoms with Crippen LogP contribution < -0.4 is 4.74 Å². The second-order valence-electron chi connectivity index (χ2n) is 3.44. The third-order valence-electron chi connectivity index (χ3n) is 1.94. The fourth-order valence-corrected chi connectivity index (χ4v) is 1.07. The Morgan fingerprint density at radius 1 is 1.47 bits per heavy atom. The van der Waals surface area contributed by atoms with Gasteiger partial charge in [-0.2, -0.15) is 13.2 Å². The van der Waals surface area contributed by atoms with Crippen LogP contribution in [0.25, 0.3) is 0 Å². The van der Waals surface area contributed by atoms with Crippen molar-refractivity contribution >= 4 is 5.97 Å². The number of nitrogens with zero attached hydrogens (tertiary/aromatic N) is 1. The first-order valence-corrected chi connectivity index (χ1v) is 4.65. The number of carboxylic acid groups (broad SMARTS) is 1. The van der Waals surface area contributed by atoms with Crippen LogP contribution in [0.15, 0.2) is 12.1 Å². The van der Waals surface area contributed by atoms with Gasteiger partial charge >= 0.3 is 12.1 Å². The van der Waals surface area contributed by atoms with E-state index < -0.39 is 18.2 Å². The Hall–Kier alpha value is -1.79. The van der Waals surface area contributed by atoms with Crippen molar-refractivity contribution in [1.82, 2.24) is 4.98 Å². The highest BCUT2D eigenvalue weighted by molar-refractivity contribution is 5.87. The van der Waals surface area contributed by atoms with E-state index in [0.717, 1.165) is 13.0 Å². The minimum atomic E-state index is -4.52. The average molecular weight is 249 g/mol. The molecule has 94 valence electrons. The van der Waals surface area contributed by atoms with E-state index in [4.69, 9.17) is 5.11 Å². The number of aryl methyl sites for hydroxylation is 1. The van der Waals surface area contributed by atoms with Gasteiger partial charge in [0, 0.05) is 11.8 Å². The molecule has 7 heteroatoms. The minimum absolute atomic E-state index is 0.165. The first-order chi connectivity index (χ1) is 7.70. The van der Waals surface area contributed by atoms with Crippen LogP contribution in [0.4, 0.5) is 13.2 Å². The molecule has 0 amide bonds. The Labute approximate surface area is 95.0 Å². The highest BCUT2D eigenvalue weighted by Gasteiger charge is 2.38. The first-order valence-electron chi connectivity index (χ1n) is 4.65. The largest absolute Gasteiger partial charge is 0.478 e. The van der Waals surface area contributed by atoms with Gasteiger partial charge in [0.25, 0.3) is 0 Å². The molecule has 0 saturated heterocycles. The lowest BCUT2D eigenvalue weighted by Gasteiger charge is -2.17. The Bertz CT molecular complexity index is 431. The topological polar surface area (TPSA) is 59.4 Å². The molecule has 17 heavy (non-hydrogen) atoms. The van der Waals surface area contributed by atoms with Crippen molar-refractivity contribution in [2.45, 2.75) is 26.1 Å². The van der Waals surface area contributed by atoms with E-state index in [1.807, 2.05) is 0 Å². The lowest BCUT2D eigenvalue weighted by molar-refractivity contribution is -0.190. The summed E-state index contributed by atoms with van der Waals surface area (Å²) in [6.07, 6.45) is -6.56. The first kappa shape index (κ1) is 13.3. The number of pyridine rings is 1. The lowest BCUT2D eigenvalue weighted by Crippen LogP contribution is -2.31. The van der Waals surface area contributed by atoms with Crippen molar-refractivity contribution in [1.29, 1.82) is 0 Å². The van der Waals surface area contributed by atoms with E-state index in [2.05, 4.69) is 9.72 Å². The standard InChI is InChI=1S/C10H10F3NO3/c1-5-3-7(9(15)16)4-8(14-5)17-6(2)10(11,12)13/h3-4,6H,1-2H3,(H,15,16). The molecule has 1 N–H and O–H groups in total. The van der Waals surface area contributed by atoms with Crippen LogP contribution in [0.5, 0.6) is 5.88 Å². The summed E-state index contributed by atoms with van der Waals surface area (Å²) in [6, 6.07) is 2.20. The van der Waals surface area contributed by atoms with Crippen LogP contribution in [0.3, 0.4) is 0 Å². The van der Waals surface area contributed by atoms with Crippen molar-refractivity contribution in [3.8, 4) is 5.88 Å². The number of aromatic carboxylic acids is 1. The number of rotatable bonds is 3. The summed E-state index contributed by atoms with van der Waals surface area (Å²) in [5, 5.41) is 8.72. The van der Waals surface area contributed by atoms with Crippen LogP contribution in [-0.2, 0) is 0 Å². The molecule has 1 heterocycles. The van der Waals surface area contributed by atoms with Gasteiger partial charge in [0.15, 0.2) is 6.10 Å². The second kappa shape index (κ2) is 4.60. The fourth-order valence-electron chi connectivity index (χ4n) is 1.07. The summed E-state index contributed by atoms with van der Waals surface area (Å²) >= 11 is 0. The van der Waals surface area contributed by atoms with E-state index in [9.17, 15) is 18.0 Å². The molecule has 1 atom stereocenters. The zero-order valence-corrected chi connectivity index (χ0v) is 9.08. The number of ether oxygens (including phenoxy) is 1. The van der Waals surface area contributed by atoms with Gasteiger partial charge in [-0.25, -0.2) is 9.78 Å². The number of aromatic nitrogens is 1. The molecule has 0 saturated carbocycles. The maximum Gasteiger partial charge on any atom is 0.425 e. The molecule has 0 radical (unpaired) electrons. The minimum Gasteiger partial charge on any atom is -0.478 e. The third-order valence-corrected chi connectivity index (χ3v) is 1.94. The highest BCUT2D eigenvalue weighted by atomic mass is 19.4. The van der Waals surface area contributed by atoms with Gasteiger partial charge in [-0.1, -0.05) is 0 Å². The van der Waals surface area contributed by atoms with E-state index in [1.54, 1.807) is 0 Å². The van der Waals surface area contributed by atoms with Gasteiger partial charge in [-0.15, -0.1) is 0 Å². The SMILES string of the molecule is Cc1cc(C(=O)O)cc(OC(C)C(F)(F)F)n1. The smallest absolute Gasteiger partial charge is 0.425 e. The van der Waals surface area contributed by atoms with Gasteiger partial charge in [0.05, 0.1) is 5.56 Å². The molecule has 0 aromatic carbocycles. The molecule has 1 rings (SSSR count). The van der Waals surface area contributed by atoms with Crippen LogP contribution in [0.1, 0.15) is 23.0 Å². The van der Waals surface area contributed by atoms with Gasteiger partial charge in [0.2, 0.25) is 5.88 Å². The van der Waals surface area contributed by atoms with Gasteiger partial charge in [-0.3, -0.25) is 0 Å². The Morgan fingerprint density at radius 2 is 2.06 bits per heavy atom. The van der Waals surface area contributed by atoms with Crippen LogP contribution >= 0.6 is 0 Å². The third kappa shape index (κ3) is 3.61. The summed E-state index contributed by atoms with van der Waals surface area (Å²) in [5.41, 5.74) is 0.108. The van der Waals surface area contributed by atoms with E-state index in [0.29, 0.717) is 0 Å². The molecule has 0 aliphatic heterocycles. The Morgan fingerprint density at radius 3 is 2.53 bits per heavy atom. The quantitative estimate of drug-likeness (QED) is 0.893. The summed E-state index contributed by atoms with van der Waals surface area (Å²) in [5.74, 6) is -1.60. The van der Waals surface area contributed by atoms with Crippen molar-refractivity contribution in [2.24, 2.45) is 0 Å². The van der Waals surface area contributed by atoms with Gasteiger partial charge in [-0.05, 0) is 19.9 Å². The van der Waals surface area contributed by atoms with E-state index in [1.165, 1.54) is 13.0 Å². The monoisotopic (exact) mass is 249 g/mol. The zero-order chi connectivity index (χ0) is 13.2. The van der Waals surface area contributed by atoms with Gasteiger partial charge in [0.1, 0.15) is 0 Å². The maximum atomic E-state index is 12.2. The molecule has 0 bridgehead atoms. The molecule has 4 nitrogen and oxygen atoms in total. The molecular formula is C10H10F3NO3. The van der Waals surface area contributed by atoms with Crippen LogP contribution in [0, 0.1) is 6.92 Å². The highest BCUT2D eigenvalue weighted by Crippen LogP contribution is 2.24. The van der Waals surface area contributed by atoms with Crippen molar-refractivity contribution in [3.63, 3.8) is 0 Å². The summed E-state index contributed by atoms with van der Waals surface area (Å²) in [4.78, 5) is 14.4. The summed E-state index contributed by atoms with van der Waals surface area (Å²) < 4.78 is 41.2. The fraction of sp³-hybridized carbons (Fsp3) is 0.400. The predicted octanol–water partition coefficient (Wildman–Crippen LogP) is 2.42. The number of hydrogen-bond acceptors (Lipinski definition) is 3. The molecular weight excluding hydrogens is 239 g/mol. The Kier molecular flexibility index (Phi) is 3.59. The molecule has 0 fully saturated rings. The van der Waals surface area contributed by atoms with Crippen molar-refractivity contribution in [2.75, 3.05) is 0 Å². The summed E-state index contributed by atoms with van der Waals surface area (Å²) in [6.45, 7) is 2.29. The van der Waals surface area contributed by atoms with Crippen LogP contribution in [0.2, 0.25) is 0 Å². The molecule has 0 spiro atoms. The van der Waals surface area contributed by atoms with E-state index in [-0.39, 0.29) is 17.1 Å². The second-order valence-corrected chi connectivity index (χ2v) is 3.44. The molecule has 1 unspecified atom stereocenters. The molecule has 0 aliphatic carbocycles. The summed E-state index contributed by atoms with van der Waals surface area (Å²) in [7, 11) is 0. The Balaban J connectivity index is 2.96. The van der Waals surface area contributed by atoms with E-state index >= 15 is 0 Å². The number of carbonyl (C=O) groups is 1. The van der Waals surface area contributed by atoms with Crippen molar-refractivity contribution < 1.29 is 27.8 Å². The molecule has 0 aliphatic rings. The maximum absolute atomic E-state index is 12.2. The number of alkyl halides is 3. The lowest BCUT2D eigenvalue weighted by atomic mass is 10.2.